The van der Waals surface area contributed by atoms with Gasteiger partial charge in [-0.05, 0) is 35.4 Å². The number of nitrogens with one attached hydrogen (secondary N) is 1. The van der Waals surface area contributed by atoms with E-state index in [0.29, 0.717) is 42.5 Å². The third-order valence-electron chi connectivity index (χ3n) is 5.34. The summed E-state index contributed by atoms with van der Waals surface area (Å²) in [5.74, 6) is 1.73. The molecule has 1 atom stereocenters. The maximum Gasteiger partial charge on any atom is 0.251 e. The van der Waals surface area contributed by atoms with E-state index < -0.39 is 0 Å². The van der Waals surface area contributed by atoms with Crippen molar-refractivity contribution in [3.63, 3.8) is 0 Å². The second-order valence-electron chi connectivity index (χ2n) is 7.55. The van der Waals surface area contributed by atoms with E-state index in [2.05, 4.69) is 5.32 Å². The Morgan fingerprint density at radius 3 is 2.42 bits per heavy atom. The fourth-order valence-electron chi connectivity index (χ4n) is 3.65. The van der Waals surface area contributed by atoms with Crippen LogP contribution < -0.4 is 14.8 Å². The third kappa shape index (κ3) is 5.68. The molecule has 4 rings (SSSR count). The summed E-state index contributed by atoms with van der Waals surface area (Å²) in [5, 5.41) is 2.82. The number of ether oxygens (including phenoxy) is 2. The molecule has 1 N–H and O–H groups in total. The average molecular weight is 463 g/mol. The van der Waals surface area contributed by atoms with Crippen molar-refractivity contribution in [2.24, 2.45) is 0 Å². The number of rotatable bonds is 9. The van der Waals surface area contributed by atoms with Crippen LogP contribution in [-0.4, -0.2) is 42.7 Å². The van der Waals surface area contributed by atoms with Crippen molar-refractivity contribution >= 4 is 23.6 Å². The number of nitrogens with zero attached hydrogens (tertiary/aromatic N) is 1. The third-order valence-corrected chi connectivity index (χ3v) is 6.59. The van der Waals surface area contributed by atoms with Crippen molar-refractivity contribution in [1.29, 1.82) is 0 Å². The van der Waals surface area contributed by atoms with Crippen LogP contribution in [0.5, 0.6) is 11.5 Å². The Morgan fingerprint density at radius 2 is 1.70 bits per heavy atom. The van der Waals surface area contributed by atoms with Gasteiger partial charge in [0.25, 0.3) is 5.91 Å². The first-order chi connectivity index (χ1) is 16.2. The molecule has 1 saturated heterocycles. The van der Waals surface area contributed by atoms with Gasteiger partial charge in [-0.1, -0.05) is 54.6 Å². The molecular weight excluding hydrogens is 436 g/mol. The summed E-state index contributed by atoms with van der Waals surface area (Å²) in [6.07, 6.45) is 0. The summed E-state index contributed by atoms with van der Waals surface area (Å²) < 4.78 is 10.9. The molecule has 0 saturated carbocycles. The summed E-state index contributed by atoms with van der Waals surface area (Å²) in [4.78, 5) is 26.8. The van der Waals surface area contributed by atoms with Gasteiger partial charge in [0.1, 0.15) is 12.0 Å². The highest BCUT2D eigenvalue weighted by Gasteiger charge is 2.32. The van der Waals surface area contributed by atoms with Crippen LogP contribution in [0.2, 0.25) is 0 Å². The van der Waals surface area contributed by atoms with Gasteiger partial charge in [-0.15, -0.1) is 11.8 Å². The molecule has 1 aliphatic heterocycles. The quantitative estimate of drug-likeness (QED) is 0.481. The second-order valence-corrected chi connectivity index (χ2v) is 8.62. The number of hydrogen-bond acceptors (Lipinski definition) is 5. The molecule has 170 valence electrons. The number of thioether (sulfide) groups is 1. The van der Waals surface area contributed by atoms with Gasteiger partial charge in [0.15, 0.2) is 11.5 Å². The fraction of sp³-hybridized carbons (Fsp3) is 0.231. The van der Waals surface area contributed by atoms with Crippen LogP contribution in [0.25, 0.3) is 0 Å². The minimum Gasteiger partial charge on any atom is -0.493 e. The number of methoxy groups -OCH3 is 1. The highest BCUT2D eigenvalue weighted by atomic mass is 32.2. The molecule has 0 unspecified atom stereocenters. The molecule has 0 aromatic heterocycles. The Balaban J connectivity index is 1.31. The lowest BCUT2D eigenvalue weighted by Crippen LogP contribution is -2.28. The maximum absolute atomic E-state index is 12.5. The Labute approximate surface area is 197 Å². The van der Waals surface area contributed by atoms with Gasteiger partial charge in [0, 0.05) is 12.1 Å². The SMILES string of the molecule is COc1ccccc1OCCNC(=O)c1ccc([C@H]2SCC(=O)N2Cc2ccccc2)cc1. The highest BCUT2D eigenvalue weighted by molar-refractivity contribution is 8.00. The minimum atomic E-state index is -0.165. The van der Waals surface area contributed by atoms with Crippen LogP contribution in [0, 0.1) is 0 Å². The van der Waals surface area contributed by atoms with Crippen molar-refractivity contribution in [2.75, 3.05) is 26.0 Å². The van der Waals surface area contributed by atoms with Crippen molar-refractivity contribution in [1.82, 2.24) is 10.2 Å². The van der Waals surface area contributed by atoms with E-state index >= 15 is 0 Å². The number of carbonyl (C=O) groups excluding carboxylic acids is 2. The molecule has 2 amide bonds. The highest BCUT2D eigenvalue weighted by Crippen LogP contribution is 2.39. The molecule has 1 heterocycles. The van der Waals surface area contributed by atoms with Crippen molar-refractivity contribution in [3.05, 3.63) is 95.6 Å². The number of carbonyl (C=O) groups is 2. The van der Waals surface area contributed by atoms with Crippen LogP contribution in [-0.2, 0) is 11.3 Å². The Bertz CT molecular complexity index is 1090. The van der Waals surface area contributed by atoms with Crippen molar-refractivity contribution in [2.45, 2.75) is 11.9 Å². The average Bonchev–Trinajstić information content (AvgIpc) is 3.22. The van der Waals surface area contributed by atoms with E-state index in [1.165, 1.54) is 0 Å². The van der Waals surface area contributed by atoms with E-state index in [1.807, 2.05) is 71.6 Å². The molecule has 0 radical (unpaired) electrons. The topological polar surface area (TPSA) is 67.9 Å². The minimum absolute atomic E-state index is 0.0518. The summed E-state index contributed by atoms with van der Waals surface area (Å²) in [6, 6.07) is 24.8. The number of amides is 2. The molecular formula is C26H26N2O4S. The predicted octanol–water partition coefficient (Wildman–Crippen LogP) is 4.28. The van der Waals surface area contributed by atoms with Crippen molar-refractivity contribution < 1.29 is 19.1 Å². The van der Waals surface area contributed by atoms with Gasteiger partial charge >= 0.3 is 0 Å². The zero-order valence-electron chi connectivity index (χ0n) is 18.4. The van der Waals surface area contributed by atoms with Gasteiger partial charge < -0.3 is 19.7 Å². The molecule has 7 heteroatoms. The summed E-state index contributed by atoms with van der Waals surface area (Å²) in [6.45, 7) is 1.28. The monoisotopic (exact) mass is 462 g/mol. The summed E-state index contributed by atoms with van der Waals surface area (Å²) in [5.41, 5.74) is 2.68. The van der Waals surface area contributed by atoms with E-state index in [9.17, 15) is 9.59 Å². The van der Waals surface area contributed by atoms with Crippen LogP contribution in [0.4, 0.5) is 0 Å². The van der Waals surface area contributed by atoms with E-state index in [-0.39, 0.29) is 17.2 Å². The molecule has 1 aliphatic rings. The molecule has 3 aromatic carbocycles. The molecule has 0 spiro atoms. The van der Waals surface area contributed by atoms with Gasteiger partial charge in [-0.3, -0.25) is 9.59 Å². The van der Waals surface area contributed by atoms with Gasteiger partial charge in [0.05, 0.1) is 19.4 Å². The van der Waals surface area contributed by atoms with Gasteiger partial charge in [0.2, 0.25) is 5.91 Å². The standard InChI is InChI=1S/C26H26N2O4S/c1-31-22-9-5-6-10-23(22)32-16-15-27-25(30)20-11-13-21(14-12-20)26-28(24(29)18-33-26)17-19-7-3-2-4-8-19/h2-14,26H,15-18H2,1H3,(H,27,30)/t26-/m1/s1. The van der Waals surface area contributed by atoms with Gasteiger partial charge in [-0.25, -0.2) is 0 Å². The molecule has 3 aromatic rings. The molecule has 0 aliphatic carbocycles. The normalized spacial score (nSPS) is 15.4. The lowest BCUT2D eigenvalue weighted by molar-refractivity contribution is -0.128. The summed E-state index contributed by atoms with van der Waals surface area (Å²) in [7, 11) is 1.59. The first kappa shape index (κ1) is 22.7. The van der Waals surface area contributed by atoms with Crippen LogP contribution in [0.1, 0.15) is 26.9 Å². The molecule has 6 nitrogen and oxygen atoms in total. The fourth-order valence-corrected chi connectivity index (χ4v) is 4.83. The van der Waals surface area contributed by atoms with E-state index in [4.69, 9.17) is 9.47 Å². The van der Waals surface area contributed by atoms with Crippen LogP contribution in [0.15, 0.2) is 78.9 Å². The van der Waals surface area contributed by atoms with Crippen LogP contribution >= 0.6 is 11.8 Å². The van der Waals surface area contributed by atoms with Gasteiger partial charge in [-0.2, -0.15) is 0 Å². The largest absolute Gasteiger partial charge is 0.493 e. The smallest absolute Gasteiger partial charge is 0.251 e. The Kier molecular flexibility index (Phi) is 7.52. The first-order valence-corrected chi connectivity index (χ1v) is 11.8. The Morgan fingerprint density at radius 1 is 1.00 bits per heavy atom. The zero-order valence-corrected chi connectivity index (χ0v) is 19.2. The summed E-state index contributed by atoms with van der Waals surface area (Å²) >= 11 is 1.61. The Hall–Kier alpha value is -3.45. The first-order valence-electron chi connectivity index (χ1n) is 10.7. The predicted molar refractivity (Wildman–Crippen MR) is 129 cm³/mol. The number of hydrogen-bond donors (Lipinski definition) is 1. The zero-order chi connectivity index (χ0) is 23.0. The number of para-hydroxylation sites is 2. The maximum atomic E-state index is 12.5. The van der Waals surface area contributed by atoms with Crippen molar-refractivity contribution in [3.8, 4) is 11.5 Å². The van der Waals surface area contributed by atoms with E-state index in [0.717, 1.165) is 11.1 Å². The lowest BCUT2D eigenvalue weighted by atomic mass is 10.1. The van der Waals surface area contributed by atoms with Crippen LogP contribution in [0.3, 0.4) is 0 Å². The molecule has 1 fully saturated rings. The molecule has 0 bridgehead atoms. The molecule has 33 heavy (non-hydrogen) atoms. The second kappa shape index (κ2) is 10.9. The lowest BCUT2D eigenvalue weighted by Gasteiger charge is -2.24. The number of benzene rings is 3. The van der Waals surface area contributed by atoms with E-state index in [1.54, 1.807) is 31.0 Å².